The van der Waals surface area contributed by atoms with Crippen molar-refractivity contribution < 1.29 is 28.9 Å². The van der Waals surface area contributed by atoms with Crippen molar-refractivity contribution in [1.29, 1.82) is 5.26 Å². The summed E-state index contributed by atoms with van der Waals surface area (Å²) in [5.74, 6) is -0.181. The fraction of sp³-hybridized carbons (Fsp3) is 0.233. The van der Waals surface area contributed by atoms with E-state index in [0.717, 1.165) is 0 Å². The van der Waals surface area contributed by atoms with Gasteiger partial charge in [0.1, 0.15) is 0 Å². The Bertz CT molecular complexity index is 1370. The minimum Gasteiger partial charge on any atom is -0.504 e. The first kappa shape index (κ1) is 29.5. The van der Waals surface area contributed by atoms with E-state index >= 15 is 0 Å². The number of nitrogens with one attached hydrogen (secondary N) is 2. The number of carbonyl (C=O) groups excluding carboxylic acids is 2. The lowest BCUT2D eigenvalue weighted by molar-refractivity contribution is -0.111. The second kappa shape index (κ2) is 14.8. The summed E-state index contributed by atoms with van der Waals surface area (Å²) in [4.78, 5) is 25.2. The minimum atomic E-state index is -0.901. The number of nitrogens with two attached hydrogens (primary N) is 1. The number of phenolic OH excluding ortho intramolecular Hbond substituents is 1. The van der Waals surface area contributed by atoms with Crippen LogP contribution in [0.15, 0.2) is 78.9 Å². The molecular weight excluding hydrogens is 512 g/mol. The number of nitriles is 1. The van der Waals surface area contributed by atoms with Gasteiger partial charge in [0, 0.05) is 12.3 Å². The highest BCUT2D eigenvalue weighted by atomic mass is 16.6. The molecular formula is C30H32N4O6. The molecule has 3 aromatic carbocycles. The van der Waals surface area contributed by atoms with Gasteiger partial charge in [0.2, 0.25) is 5.91 Å². The van der Waals surface area contributed by atoms with Gasteiger partial charge in [-0.3, -0.25) is 10.1 Å². The number of hydrogen-bond donors (Lipinski definition) is 4. The number of carbonyl (C=O) groups is 2. The lowest BCUT2D eigenvalue weighted by Gasteiger charge is -2.27. The van der Waals surface area contributed by atoms with Crippen LogP contribution >= 0.6 is 0 Å². The molecule has 5 N–H and O–H groups in total. The molecule has 0 saturated carbocycles. The standard InChI is InChI=1S/C30H32N4O6/c1-3-39-27(10-6-7-11-28(36)34-24-9-5-4-8-23(24)32)29(21-14-17-26(38-2)25(35)18-21)40-30(37)33-22-15-12-20(19-31)13-16-22/h4-5,7-9,11-18,27,29,35H,3,6,10,32H2,1-2H3,(H,33,37)(H,34,36)/b11-7+/t27-,29-/m0/s1. The number of anilines is 3. The van der Waals surface area contributed by atoms with Gasteiger partial charge in [0.15, 0.2) is 17.6 Å². The Balaban J connectivity index is 1.74. The summed E-state index contributed by atoms with van der Waals surface area (Å²) in [6, 6.07) is 20.0. The van der Waals surface area contributed by atoms with Crippen molar-refractivity contribution in [2.75, 3.05) is 30.1 Å². The molecule has 0 unspecified atom stereocenters. The van der Waals surface area contributed by atoms with Gasteiger partial charge in [-0.25, -0.2) is 4.79 Å². The molecule has 0 aliphatic rings. The molecule has 0 bridgehead atoms. The molecule has 10 heteroatoms. The molecule has 2 amide bonds. The zero-order chi connectivity index (χ0) is 28.9. The predicted octanol–water partition coefficient (Wildman–Crippen LogP) is 5.52. The van der Waals surface area contributed by atoms with Crippen molar-refractivity contribution >= 4 is 29.1 Å². The van der Waals surface area contributed by atoms with Crippen molar-refractivity contribution in [3.05, 3.63) is 90.0 Å². The van der Waals surface area contributed by atoms with Crippen molar-refractivity contribution in [2.24, 2.45) is 0 Å². The molecule has 10 nitrogen and oxygen atoms in total. The van der Waals surface area contributed by atoms with Crippen LogP contribution in [0, 0.1) is 11.3 Å². The highest BCUT2D eigenvalue weighted by molar-refractivity contribution is 6.01. The Kier molecular flexibility index (Phi) is 10.9. The van der Waals surface area contributed by atoms with Crippen LogP contribution in [0.1, 0.15) is 37.0 Å². The third kappa shape index (κ3) is 8.51. The maximum Gasteiger partial charge on any atom is 0.412 e. The highest BCUT2D eigenvalue weighted by Gasteiger charge is 2.28. The molecule has 208 valence electrons. The Morgan fingerprint density at radius 2 is 1.85 bits per heavy atom. The van der Waals surface area contributed by atoms with E-state index in [1.54, 1.807) is 66.7 Å². The molecule has 0 radical (unpaired) electrons. The van der Waals surface area contributed by atoms with Crippen molar-refractivity contribution in [1.82, 2.24) is 0 Å². The number of phenols is 1. The van der Waals surface area contributed by atoms with Crippen molar-refractivity contribution in [2.45, 2.75) is 32.0 Å². The van der Waals surface area contributed by atoms with Crippen LogP contribution in [0.3, 0.4) is 0 Å². The Hall–Kier alpha value is -5.01. The van der Waals surface area contributed by atoms with Crippen LogP contribution in [0.5, 0.6) is 11.5 Å². The van der Waals surface area contributed by atoms with Crippen LogP contribution in [-0.4, -0.2) is 36.9 Å². The number of hydrogen-bond acceptors (Lipinski definition) is 8. The molecule has 3 rings (SSSR count). The number of methoxy groups -OCH3 is 1. The molecule has 40 heavy (non-hydrogen) atoms. The molecule has 0 aliphatic carbocycles. The van der Waals surface area contributed by atoms with E-state index in [1.165, 1.54) is 19.3 Å². The zero-order valence-corrected chi connectivity index (χ0v) is 22.3. The Morgan fingerprint density at radius 1 is 1.10 bits per heavy atom. The third-order valence-corrected chi connectivity index (χ3v) is 5.85. The largest absolute Gasteiger partial charge is 0.504 e. The second-order valence-corrected chi connectivity index (χ2v) is 8.62. The summed E-state index contributed by atoms with van der Waals surface area (Å²) < 4.78 is 16.9. The topological polar surface area (TPSA) is 156 Å². The SMILES string of the molecule is CCO[C@@H](CC/C=C/C(=O)Nc1ccccc1N)[C@@H](OC(=O)Nc1ccc(C#N)cc1)c1ccc(OC)c(O)c1. The molecule has 0 saturated heterocycles. The number of nitrogen functional groups attached to an aromatic ring is 1. The number of para-hydroxylation sites is 2. The smallest absolute Gasteiger partial charge is 0.412 e. The zero-order valence-electron chi connectivity index (χ0n) is 22.3. The van der Waals surface area contributed by atoms with Crippen LogP contribution in [0.4, 0.5) is 21.9 Å². The van der Waals surface area contributed by atoms with Gasteiger partial charge in [-0.05, 0) is 79.9 Å². The van der Waals surface area contributed by atoms with E-state index in [9.17, 15) is 14.7 Å². The number of nitrogens with zero attached hydrogens (tertiary/aromatic N) is 1. The molecule has 0 aliphatic heterocycles. The van der Waals surface area contributed by atoms with E-state index in [4.69, 9.17) is 25.2 Å². The molecule has 0 spiro atoms. The molecule has 3 aromatic rings. The van der Waals surface area contributed by atoms with E-state index in [0.29, 0.717) is 47.6 Å². The summed E-state index contributed by atoms with van der Waals surface area (Å²) in [6.07, 6.45) is 1.67. The van der Waals surface area contributed by atoms with Crippen LogP contribution in [0.2, 0.25) is 0 Å². The van der Waals surface area contributed by atoms with Gasteiger partial charge in [0.05, 0.1) is 36.2 Å². The lowest BCUT2D eigenvalue weighted by atomic mass is 9.99. The minimum absolute atomic E-state index is 0.117. The number of amides is 2. The van der Waals surface area contributed by atoms with E-state index in [2.05, 4.69) is 10.6 Å². The van der Waals surface area contributed by atoms with E-state index in [1.807, 2.05) is 13.0 Å². The maximum atomic E-state index is 12.9. The quantitative estimate of drug-likeness (QED) is 0.171. The maximum absolute atomic E-state index is 12.9. The van der Waals surface area contributed by atoms with Gasteiger partial charge in [-0.1, -0.05) is 24.3 Å². The number of aromatic hydroxyl groups is 1. The van der Waals surface area contributed by atoms with Gasteiger partial charge in [-0.2, -0.15) is 5.26 Å². The first-order chi connectivity index (χ1) is 19.3. The fourth-order valence-corrected chi connectivity index (χ4v) is 3.91. The third-order valence-electron chi connectivity index (χ3n) is 5.85. The number of rotatable bonds is 12. The molecule has 2 atom stereocenters. The first-order valence-corrected chi connectivity index (χ1v) is 12.6. The second-order valence-electron chi connectivity index (χ2n) is 8.62. The van der Waals surface area contributed by atoms with Gasteiger partial charge in [-0.15, -0.1) is 0 Å². The van der Waals surface area contributed by atoms with Crippen LogP contribution in [0.25, 0.3) is 0 Å². The summed E-state index contributed by atoms with van der Waals surface area (Å²) in [6.45, 7) is 2.15. The van der Waals surface area contributed by atoms with Crippen molar-refractivity contribution in [3.63, 3.8) is 0 Å². The van der Waals surface area contributed by atoms with E-state index in [-0.39, 0.29) is 17.4 Å². The monoisotopic (exact) mass is 544 g/mol. The lowest BCUT2D eigenvalue weighted by Crippen LogP contribution is -2.29. The fourth-order valence-electron chi connectivity index (χ4n) is 3.91. The van der Waals surface area contributed by atoms with Crippen LogP contribution in [-0.2, 0) is 14.3 Å². The molecule has 0 aromatic heterocycles. The van der Waals surface area contributed by atoms with Crippen LogP contribution < -0.4 is 21.1 Å². The summed E-state index contributed by atoms with van der Waals surface area (Å²) in [7, 11) is 1.44. The number of benzene rings is 3. The van der Waals surface area contributed by atoms with E-state index < -0.39 is 18.3 Å². The average molecular weight is 545 g/mol. The highest BCUT2D eigenvalue weighted by Crippen LogP contribution is 2.34. The normalized spacial score (nSPS) is 12.2. The summed E-state index contributed by atoms with van der Waals surface area (Å²) >= 11 is 0. The Labute approximate surface area is 233 Å². The predicted molar refractivity (Wildman–Crippen MR) is 152 cm³/mol. The van der Waals surface area contributed by atoms with Crippen molar-refractivity contribution in [3.8, 4) is 17.6 Å². The van der Waals surface area contributed by atoms with Gasteiger partial charge < -0.3 is 30.4 Å². The first-order valence-electron chi connectivity index (χ1n) is 12.6. The molecule has 0 fully saturated rings. The number of ether oxygens (including phenoxy) is 3. The van der Waals surface area contributed by atoms with Gasteiger partial charge in [0.25, 0.3) is 0 Å². The number of allylic oxidation sites excluding steroid dienone is 1. The summed E-state index contributed by atoms with van der Waals surface area (Å²) in [5.41, 5.74) is 8.25. The Morgan fingerprint density at radius 3 is 2.50 bits per heavy atom. The molecule has 0 heterocycles. The average Bonchev–Trinajstić information content (AvgIpc) is 2.95. The summed E-state index contributed by atoms with van der Waals surface area (Å²) in [5, 5.41) is 24.7. The van der Waals surface area contributed by atoms with Gasteiger partial charge >= 0.3 is 6.09 Å².